The van der Waals surface area contributed by atoms with Gasteiger partial charge >= 0.3 is 77.3 Å². The number of urea groups is 2. The predicted octanol–water partition coefficient (Wildman–Crippen LogP) is -9.92. The van der Waals surface area contributed by atoms with E-state index < -0.39 is 82.0 Å². The maximum absolute atomic E-state index is 13.8. The number of nitrogens with two attached hydrogens (primary N) is 1. The van der Waals surface area contributed by atoms with E-state index in [0.717, 1.165) is 11.2 Å². The topological polar surface area (TPSA) is 322 Å². The summed E-state index contributed by atoms with van der Waals surface area (Å²) in [7, 11) is -4.01. The first-order valence-corrected chi connectivity index (χ1v) is 18.7. The molecule has 22 nitrogen and oxygen atoms in total. The van der Waals surface area contributed by atoms with Gasteiger partial charge in [-0.1, -0.05) is 23.9 Å². The summed E-state index contributed by atoms with van der Waals surface area (Å²) in [5.41, 5.74) is 5.46. The van der Waals surface area contributed by atoms with Crippen molar-refractivity contribution in [3.8, 4) is 0 Å². The number of imide groups is 1. The molecule has 7 amide bonds. The molecular weight excluding hydrogens is 799 g/mol. The molecule has 0 radical (unpaired) electrons. The number of rotatable bonds is 13. The zero-order valence-corrected chi connectivity index (χ0v) is 35.1. The van der Waals surface area contributed by atoms with Gasteiger partial charge in [-0.15, -0.1) is 16.9 Å². The molecule has 0 spiro atoms. The van der Waals surface area contributed by atoms with E-state index in [0.29, 0.717) is 19.8 Å². The molecule has 0 unspecified atom stereocenters. The van der Waals surface area contributed by atoms with E-state index in [2.05, 4.69) is 31.4 Å². The number of thioether (sulfide) groups is 2. The van der Waals surface area contributed by atoms with Crippen molar-refractivity contribution in [1.29, 1.82) is 0 Å². The second-order valence-corrected chi connectivity index (χ2v) is 15.2. The summed E-state index contributed by atoms with van der Waals surface area (Å²) in [6, 6.07) is -1.56. The number of aliphatic carboxylic acids is 2. The van der Waals surface area contributed by atoms with Gasteiger partial charge in [0.25, 0.3) is 5.91 Å². The molecule has 5 rings (SSSR count). The van der Waals surface area contributed by atoms with E-state index in [-0.39, 0.29) is 101 Å². The Balaban J connectivity index is 0.00000392. The number of hydrogen-bond acceptors (Lipinski definition) is 17. The van der Waals surface area contributed by atoms with E-state index in [1.165, 1.54) is 54.0 Å². The number of β-lactam (4-membered cyclic amide) rings is 1. The van der Waals surface area contributed by atoms with Crippen molar-refractivity contribution in [3.63, 3.8) is 0 Å². The van der Waals surface area contributed by atoms with E-state index in [1.54, 1.807) is 0 Å². The van der Waals surface area contributed by atoms with Crippen molar-refractivity contribution < 1.29 is 116 Å². The molecule has 4 atom stereocenters. The molecule has 2 aromatic rings. The number of sulfonamides is 1. The van der Waals surface area contributed by atoms with E-state index in [1.807, 2.05) is 0 Å². The fraction of sp³-hybridized carbons (Fsp3) is 0.370. The molecule has 0 aliphatic carbocycles. The molecule has 0 saturated carbocycles. The first kappa shape index (κ1) is 45.0. The van der Waals surface area contributed by atoms with Gasteiger partial charge in [0.2, 0.25) is 15.9 Å². The molecule has 3 aliphatic rings. The third kappa shape index (κ3) is 10.3. The number of carbonyl (C=O) groups excluding carboxylic acids is 7. The van der Waals surface area contributed by atoms with E-state index >= 15 is 0 Å². The molecular formula is C27H28N10Na2O12S3. The van der Waals surface area contributed by atoms with Crippen LogP contribution in [0, 0.1) is 0 Å². The SMILES string of the molecule is CS(=O)(=O)N1CCN(C(=O)N[C@@H](C(=O)N[C@@H]2C(=O)N3C(C(=O)[O-])=C(CSc4cn[nH]n4)CS[C@@H]23)c2ccc(NC(=O)OC[C@@H](N)C(=O)[O-])cc2)C1=O.[Na+].[Na+]. The Bertz CT molecular complexity index is 1940. The number of nitrogens with one attached hydrogen (secondary N) is 4. The van der Waals surface area contributed by atoms with Crippen molar-refractivity contribution in [3.05, 3.63) is 47.3 Å². The molecule has 6 N–H and O–H groups in total. The number of fused-ring (bicyclic) bond motifs is 1. The normalized spacial score (nSPS) is 19.0. The van der Waals surface area contributed by atoms with Crippen molar-refractivity contribution in [1.82, 2.24) is 40.1 Å². The number of carbonyl (C=O) groups is 7. The molecule has 2 fully saturated rings. The van der Waals surface area contributed by atoms with Gasteiger partial charge in [-0.25, -0.2) is 32.0 Å². The first-order valence-electron chi connectivity index (χ1n) is 14.8. The molecule has 278 valence electrons. The summed E-state index contributed by atoms with van der Waals surface area (Å²) in [4.78, 5) is 89.6. The number of carboxylic acid groups (broad SMARTS) is 2. The maximum atomic E-state index is 13.8. The van der Waals surface area contributed by atoms with Crippen molar-refractivity contribution in [2.45, 2.75) is 28.5 Å². The predicted molar refractivity (Wildman–Crippen MR) is 173 cm³/mol. The molecule has 2 saturated heterocycles. The summed E-state index contributed by atoms with van der Waals surface area (Å²) in [6.45, 7) is -1.35. The Kier molecular flexibility index (Phi) is 15.8. The van der Waals surface area contributed by atoms with Crippen LogP contribution in [0.2, 0.25) is 0 Å². The molecule has 1 aromatic carbocycles. The number of carboxylic acids is 2. The number of H-pyrrole nitrogens is 1. The number of anilines is 1. The smallest absolute Gasteiger partial charge is 0.548 e. The summed E-state index contributed by atoms with van der Waals surface area (Å²) >= 11 is 2.36. The summed E-state index contributed by atoms with van der Waals surface area (Å²) in [6.07, 6.45) is 1.16. The fourth-order valence-electron chi connectivity index (χ4n) is 5.10. The van der Waals surface area contributed by atoms with Gasteiger partial charge in [0, 0.05) is 17.2 Å². The summed E-state index contributed by atoms with van der Waals surface area (Å²) in [5.74, 6) is -4.64. The standard InChI is InChI=1S/C27H30N10O12S3.2Na/c1-52(47,48)36-7-6-35(27(36)46)25(44)32-17(12-2-4-14(5-3-12)30-26(45)49-9-15(28)23(40)41)20(38)31-18-21(39)37-19(24(42)43)13(11-51-22(18)37)10-50-16-8-29-34-33-16;;/h2-5,8,15,17-18,22H,6-7,9-11,28H2,1H3,(H,30,45)(H,31,38)(H,32,44)(H,40,41)(H,42,43)(H,29,33,34);;/q;2*+1/p-2/t15-,17-,18-,22+;;/m1../s1. The van der Waals surface area contributed by atoms with Crippen LogP contribution in [-0.4, -0.2) is 135 Å². The average molecular weight is 827 g/mol. The number of aromatic amines is 1. The van der Waals surface area contributed by atoms with Gasteiger partial charge in [0.05, 0.1) is 49.2 Å². The fourth-order valence-corrected chi connectivity index (χ4v) is 8.17. The Labute approximate surface area is 358 Å². The monoisotopic (exact) mass is 826 g/mol. The summed E-state index contributed by atoms with van der Waals surface area (Å²) in [5, 5.41) is 39.7. The van der Waals surface area contributed by atoms with Crippen molar-refractivity contribution >= 4 is 81.1 Å². The number of hydrogen-bond donors (Lipinski definition) is 5. The number of ether oxygens (including phenoxy) is 1. The Morgan fingerprint density at radius 2 is 1.81 bits per heavy atom. The second kappa shape index (κ2) is 19.0. The molecule has 1 aromatic heterocycles. The van der Waals surface area contributed by atoms with E-state index in [9.17, 15) is 52.2 Å². The van der Waals surface area contributed by atoms with Crippen LogP contribution in [0.1, 0.15) is 11.6 Å². The third-order valence-corrected chi connectivity index (χ3v) is 11.1. The Hall–Kier alpha value is -3.40. The minimum Gasteiger partial charge on any atom is -0.548 e. The quantitative estimate of drug-likeness (QED) is 0.0711. The number of benzene rings is 1. The zero-order chi connectivity index (χ0) is 37.9. The zero-order valence-electron chi connectivity index (χ0n) is 28.7. The van der Waals surface area contributed by atoms with Crippen LogP contribution in [0.15, 0.2) is 46.8 Å². The summed E-state index contributed by atoms with van der Waals surface area (Å²) < 4.78 is 29.2. The molecule has 3 aliphatic heterocycles. The van der Waals surface area contributed by atoms with Gasteiger partial charge < -0.3 is 40.9 Å². The van der Waals surface area contributed by atoms with E-state index in [4.69, 9.17) is 10.5 Å². The minimum atomic E-state index is -4.01. The van der Waals surface area contributed by atoms with Crippen LogP contribution in [0.5, 0.6) is 0 Å². The van der Waals surface area contributed by atoms with Crippen molar-refractivity contribution in [2.75, 3.05) is 42.8 Å². The maximum Gasteiger partial charge on any atom is 1.00 e. The minimum absolute atomic E-state index is 0. The Morgan fingerprint density at radius 1 is 1.13 bits per heavy atom. The van der Waals surface area contributed by atoms with Gasteiger partial charge in [0.1, 0.15) is 29.1 Å². The molecule has 54 heavy (non-hydrogen) atoms. The van der Waals surface area contributed by atoms with Gasteiger partial charge in [-0.05, 0) is 23.3 Å². The van der Waals surface area contributed by atoms with Crippen molar-refractivity contribution in [2.24, 2.45) is 5.73 Å². The van der Waals surface area contributed by atoms with Crippen LogP contribution in [0.25, 0.3) is 0 Å². The number of nitrogens with zero attached hydrogens (tertiary/aromatic N) is 5. The third-order valence-electron chi connectivity index (χ3n) is 7.66. The molecule has 0 bridgehead atoms. The van der Waals surface area contributed by atoms with Gasteiger partial charge in [-0.3, -0.25) is 19.8 Å². The molecule has 27 heteroatoms. The van der Waals surface area contributed by atoms with Crippen LogP contribution < -0.4 is 91.0 Å². The van der Waals surface area contributed by atoms with Crippen LogP contribution in [-0.2, 0) is 33.9 Å². The van der Waals surface area contributed by atoms with Crippen LogP contribution >= 0.6 is 23.5 Å². The Morgan fingerprint density at radius 3 is 2.39 bits per heavy atom. The average Bonchev–Trinajstić information content (AvgIpc) is 3.77. The second-order valence-electron chi connectivity index (χ2n) is 11.2. The largest absolute Gasteiger partial charge is 1.00 e. The number of aromatic nitrogens is 3. The van der Waals surface area contributed by atoms with Gasteiger partial charge in [0.15, 0.2) is 0 Å². The van der Waals surface area contributed by atoms with Gasteiger partial charge in [-0.2, -0.15) is 10.3 Å². The van der Waals surface area contributed by atoms with Crippen LogP contribution in [0.4, 0.5) is 20.1 Å². The number of amides is 7. The van der Waals surface area contributed by atoms with Crippen LogP contribution in [0.3, 0.4) is 0 Å². The molecule has 4 heterocycles. The first-order chi connectivity index (χ1) is 24.6.